The van der Waals surface area contributed by atoms with Crippen LogP contribution < -0.4 is 15.8 Å². The maximum Gasteiger partial charge on any atom is 0.220 e. The van der Waals surface area contributed by atoms with Gasteiger partial charge in [0, 0.05) is 19.0 Å². The minimum atomic E-state index is -0.740. The Morgan fingerprint density at radius 2 is 2.00 bits per heavy atom. The van der Waals surface area contributed by atoms with E-state index in [-0.39, 0.29) is 30.7 Å². The second-order valence-electron chi connectivity index (χ2n) is 4.37. The Hall–Kier alpha value is -1.40. The van der Waals surface area contributed by atoms with E-state index in [1.165, 1.54) is 6.07 Å². The second kappa shape index (κ2) is 11.3. The van der Waals surface area contributed by atoms with Crippen molar-refractivity contribution in [2.24, 2.45) is 5.73 Å². The molecule has 120 valence electrons. The van der Waals surface area contributed by atoms with Crippen LogP contribution >= 0.6 is 12.4 Å². The minimum Gasteiger partial charge on any atom is -0.491 e. The lowest BCUT2D eigenvalue weighted by Gasteiger charge is -2.07. The average molecular weight is 323 g/mol. The molecule has 0 saturated carbocycles. The third-order valence-corrected chi connectivity index (χ3v) is 2.65. The van der Waals surface area contributed by atoms with Gasteiger partial charge in [0.1, 0.15) is 5.82 Å². The normalized spacial score (nSPS) is 9.86. The quantitative estimate of drug-likeness (QED) is 0.686. The molecule has 0 aliphatic heterocycles. The number of unbranched alkanes of at least 4 members (excludes halogenated alkanes) is 1. The molecule has 21 heavy (non-hydrogen) atoms. The monoisotopic (exact) mass is 322 g/mol. The average Bonchev–Trinajstić information content (AvgIpc) is 2.41. The standard InChI is InChI=1S/C14H20F2N2O2.ClH/c15-11-5-6-13(12(16)10-11)20-9-3-4-14(19)18-8-2-1-7-17;/h5-6,10H,1-4,7-9,17H2,(H,18,19);1H. The van der Waals surface area contributed by atoms with Gasteiger partial charge in [-0.25, -0.2) is 8.78 Å². The summed E-state index contributed by atoms with van der Waals surface area (Å²) in [6.45, 7) is 1.44. The van der Waals surface area contributed by atoms with E-state index in [4.69, 9.17) is 10.5 Å². The van der Waals surface area contributed by atoms with Crippen LogP contribution in [0, 0.1) is 11.6 Å². The summed E-state index contributed by atoms with van der Waals surface area (Å²) in [6, 6.07) is 3.12. The zero-order valence-corrected chi connectivity index (χ0v) is 12.6. The van der Waals surface area contributed by atoms with Crippen LogP contribution in [-0.2, 0) is 4.79 Å². The Morgan fingerprint density at radius 3 is 2.67 bits per heavy atom. The lowest BCUT2D eigenvalue weighted by atomic mass is 10.2. The molecule has 0 heterocycles. The summed E-state index contributed by atoms with van der Waals surface area (Å²) < 4.78 is 31.0. The Bertz CT molecular complexity index is 433. The molecule has 0 aliphatic carbocycles. The molecular formula is C14H21ClF2N2O2. The third kappa shape index (κ3) is 8.47. The van der Waals surface area contributed by atoms with E-state index in [0.717, 1.165) is 25.0 Å². The van der Waals surface area contributed by atoms with Gasteiger partial charge in [-0.1, -0.05) is 0 Å². The number of carbonyl (C=O) groups is 1. The van der Waals surface area contributed by atoms with Gasteiger partial charge in [-0.05, 0) is 37.9 Å². The fraction of sp³-hybridized carbons (Fsp3) is 0.500. The molecule has 0 unspecified atom stereocenters. The number of hydrogen-bond acceptors (Lipinski definition) is 3. The number of rotatable bonds is 9. The first-order valence-corrected chi connectivity index (χ1v) is 6.68. The van der Waals surface area contributed by atoms with E-state index >= 15 is 0 Å². The SMILES string of the molecule is Cl.NCCCCNC(=O)CCCOc1ccc(F)cc1F. The molecule has 4 nitrogen and oxygen atoms in total. The summed E-state index contributed by atoms with van der Waals surface area (Å²) in [4.78, 5) is 11.4. The van der Waals surface area contributed by atoms with Gasteiger partial charge in [-0.15, -0.1) is 12.4 Å². The van der Waals surface area contributed by atoms with Gasteiger partial charge < -0.3 is 15.8 Å². The molecule has 0 spiro atoms. The van der Waals surface area contributed by atoms with Crippen LogP contribution in [0.5, 0.6) is 5.75 Å². The van der Waals surface area contributed by atoms with Gasteiger partial charge in [0.2, 0.25) is 5.91 Å². The zero-order chi connectivity index (χ0) is 14.8. The molecule has 0 radical (unpaired) electrons. The largest absolute Gasteiger partial charge is 0.491 e. The van der Waals surface area contributed by atoms with Crippen molar-refractivity contribution in [3.8, 4) is 5.75 Å². The molecule has 1 aromatic rings. The van der Waals surface area contributed by atoms with Gasteiger partial charge in [0.25, 0.3) is 0 Å². The number of halogens is 3. The summed E-state index contributed by atoms with van der Waals surface area (Å²) >= 11 is 0. The molecule has 3 N–H and O–H groups in total. The highest BCUT2D eigenvalue weighted by atomic mass is 35.5. The number of amides is 1. The van der Waals surface area contributed by atoms with Crippen LogP contribution in [0.15, 0.2) is 18.2 Å². The molecule has 1 rings (SSSR count). The fourth-order valence-corrected chi connectivity index (χ4v) is 1.59. The molecule has 0 aromatic heterocycles. The van der Waals surface area contributed by atoms with Crippen molar-refractivity contribution in [1.29, 1.82) is 0 Å². The summed E-state index contributed by atoms with van der Waals surface area (Å²) in [5, 5.41) is 2.76. The van der Waals surface area contributed by atoms with Gasteiger partial charge in [0.05, 0.1) is 6.61 Å². The highest BCUT2D eigenvalue weighted by Crippen LogP contribution is 2.17. The molecule has 1 amide bonds. The lowest BCUT2D eigenvalue weighted by Crippen LogP contribution is -2.25. The molecule has 0 fully saturated rings. The number of benzene rings is 1. The van der Waals surface area contributed by atoms with E-state index < -0.39 is 11.6 Å². The molecule has 0 bridgehead atoms. The highest BCUT2D eigenvalue weighted by Gasteiger charge is 2.05. The summed E-state index contributed by atoms with van der Waals surface area (Å²) in [6.07, 6.45) is 2.53. The Morgan fingerprint density at radius 1 is 1.24 bits per heavy atom. The van der Waals surface area contributed by atoms with Crippen LogP contribution in [0.25, 0.3) is 0 Å². The summed E-state index contributed by atoms with van der Waals surface area (Å²) in [5.41, 5.74) is 5.34. The first-order chi connectivity index (χ1) is 9.63. The first kappa shape index (κ1) is 19.6. The molecule has 0 atom stereocenters. The third-order valence-electron chi connectivity index (χ3n) is 2.65. The van der Waals surface area contributed by atoms with E-state index in [9.17, 15) is 13.6 Å². The Labute approximate surface area is 129 Å². The molecule has 7 heteroatoms. The zero-order valence-electron chi connectivity index (χ0n) is 11.7. The number of carbonyl (C=O) groups excluding carboxylic acids is 1. The maximum atomic E-state index is 13.2. The summed E-state index contributed by atoms with van der Waals surface area (Å²) in [7, 11) is 0. The smallest absolute Gasteiger partial charge is 0.220 e. The summed E-state index contributed by atoms with van der Waals surface area (Å²) in [5.74, 6) is -1.46. The van der Waals surface area contributed by atoms with Gasteiger partial charge in [-0.2, -0.15) is 0 Å². The van der Waals surface area contributed by atoms with Crippen LogP contribution in [0.1, 0.15) is 25.7 Å². The first-order valence-electron chi connectivity index (χ1n) is 6.68. The Kier molecular flexibility index (Phi) is 10.5. The van der Waals surface area contributed by atoms with Crippen LogP contribution in [-0.4, -0.2) is 25.6 Å². The number of nitrogens with one attached hydrogen (secondary N) is 1. The molecular weight excluding hydrogens is 302 g/mol. The second-order valence-corrected chi connectivity index (χ2v) is 4.37. The van der Waals surface area contributed by atoms with Crippen LogP contribution in [0.2, 0.25) is 0 Å². The molecule has 1 aromatic carbocycles. The van der Waals surface area contributed by atoms with E-state index in [0.29, 0.717) is 25.9 Å². The van der Waals surface area contributed by atoms with Crippen molar-refractivity contribution in [2.45, 2.75) is 25.7 Å². The Balaban J connectivity index is 0.00000400. The maximum absolute atomic E-state index is 13.2. The van der Waals surface area contributed by atoms with Crippen molar-refractivity contribution >= 4 is 18.3 Å². The molecule has 0 saturated heterocycles. The topological polar surface area (TPSA) is 64.3 Å². The van der Waals surface area contributed by atoms with Crippen molar-refractivity contribution in [3.05, 3.63) is 29.8 Å². The van der Waals surface area contributed by atoms with Crippen LogP contribution in [0.3, 0.4) is 0 Å². The fourth-order valence-electron chi connectivity index (χ4n) is 1.59. The van der Waals surface area contributed by atoms with Gasteiger partial charge in [-0.3, -0.25) is 4.79 Å². The minimum absolute atomic E-state index is 0. The van der Waals surface area contributed by atoms with E-state index in [1.807, 2.05) is 0 Å². The van der Waals surface area contributed by atoms with Gasteiger partial charge in [0.15, 0.2) is 11.6 Å². The van der Waals surface area contributed by atoms with Gasteiger partial charge >= 0.3 is 0 Å². The van der Waals surface area contributed by atoms with E-state index in [2.05, 4.69) is 5.32 Å². The number of nitrogens with two attached hydrogens (primary N) is 1. The predicted molar refractivity (Wildman–Crippen MR) is 79.6 cm³/mol. The predicted octanol–water partition coefficient (Wildman–Crippen LogP) is 2.40. The number of hydrogen-bond donors (Lipinski definition) is 2. The molecule has 0 aliphatic rings. The van der Waals surface area contributed by atoms with Crippen molar-refractivity contribution in [2.75, 3.05) is 19.7 Å². The van der Waals surface area contributed by atoms with Crippen molar-refractivity contribution < 1.29 is 18.3 Å². The number of ether oxygens (including phenoxy) is 1. The van der Waals surface area contributed by atoms with Crippen molar-refractivity contribution in [3.63, 3.8) is 0 Å². The van der Waals surface area contributed by atoms with E-state index in [1.54, 1.807) is 0 Å². The van der Waals surface area contributed by atoms with Crippen molar-refractivity contribution in [1.82, 2.24) is 5.32 Å². The van der Waals surface area contributed by atoms with Crippen LogP contribution in [0.4, 0.5) is 8.78 Å². The highest BCUT2D eigenvalue weighted by molar-refractivity contribution is 5.85. The lowest BCUT2D eigenvalue weighted by molar-refractivity contribution is -0.121.